The first-order valence-electron chi connectivity index (χ1n) is 5.23. The van der Waals surface area contributed by atoms with Crippen LogP contribution in [0, 0.1) is 0 Å². The number of nitrogens with one attached hydrogen (secondary N) is 1. The van der Waals surface area contributed by atoms with Crippen molar-refractivity contribution in [2.45, 2.75) is 0 Å². The molecular weight excluding hydrogens is 268 g/mol. The molecule has 0 radical (unpaired) electrons. The number of carbonyl (C=O) groups is 2. The molecule has 0 fully saturated rings. The molecule has 98 valence electrons. The highest BCUT2D eigenvalue weighted by Crippen LogP contribution is 2.25. The minimum absolute atomic E-state index is 0.0101. The molecule has 2 N–H and O–H groups in total. The van der Waals surface area contributed by atoms with Gasteiger partial charge in [-0.05, 0) is 17.5 Å². The van der Waals surface area contributed by atoms with Crippen molar-refractivity contribution in [3.8, 4) is 5.75 Å². The maximum atomic E-state index is 12.0. The first kappa shape index (κ1) is 13.0. The van der Waals surface area contributed by atoms with Gasteiger partial charge < -0.3 is 15.2 Å². The van der Waals surface area contributed by atoms with Gasteiger partial charge in [0.1, 0.15) is 10.6 Å². The maximum Gasteiger partial charge on any atom is 0.337 e. The van der Waals surface area contributed by atoms with Crippen molar-refractivity contribution in [2.75, 3.05) is 12.4 Å². The van der Waals surface area contributed by atoms with Gasteiger partial charge in [0.15, 0.2) is 0 Å². The molecule has 0 aliphatic carbocycles. The van der Waals surface area contributed by atoms with Gasteiger partial charge in [-0.15, -0.1) is 11.3 Å². The second-order valence-electron chi connectivity index (χ2n) is 3.54. The van der Waals surface area contributed by atoms with Gasteiger partial charge in [-0.3, -0.25) is 9.78 Å². The number of amides is 1. The summed E-state index contributed by atoms with van der Waals surface area (Å²) in [5.74, 6) is -0.988. The fraction of sp³-hybridized carbons (Fsp3) is 0.0833. The number of carboxylic acid groups (broad SMARTS) is 1. The summed E-state index contributed by atoms with van der Waals surface area (Å²) in [6.45, 7) is 0. The van der Waals surface area contributed by atoms with Crippen molar-refractivity contribution < 1.29 is 19.4 Å². The van der Waals surface area contributed by atoms with Gasteiger partial charge in [-0.25, -0.2) is 4.79 Å². The summed E-state index contributed by atoms with van der Waals surface area (Å²) in [6.07, 6.45) is 2.59. The monoisotopic (exact) mass is 278 g/mol. The van der Waals surface area contributed by atoms with E-state index in [1.807, 2.05) is 0 Å². The van der Waals surface area contributed by atoms with Crippen molar-refractivity contribution in [1.29, 1.82) is 0 Å². The van der Waals surface area contributed by atoms with E-state index in [9.17, 15) is 9.59 Å². The number of ether oxygens (including phenoxy) is 1. The smallest absolute Gasteiger partial charge is 0.337 e. The molecule has 0 aliphatic rings. The fourth-order valence-electron chi connectivity index (χ4n) is 1.44. The molecule has 2 heterocycles. The Morgan fingerprint density at radius 3 is 2.89 bits per heavy atom. The summed E-state index contributed by atoms with van der Waals surface area (Å²) in [5.41, 5.74) is 0.330. The van der Waals surface area contributed by atoms with Crippen molar-refractivity contribution in [3.05, 3.63) is 40.3 Å². The van der Waals surface area contributed by atoms with Crippen LogP contribution in [0.2, 0.25) is 0 Å². The number of carbonyl (C=O) groups excluding carboxylic acids is 1. The van der Waals surface area contributed by atoms with Gasteiger partial charge in [0.2, 0.25) is 0 Å². The van der Waals surface area contributed by atoms with Crippen molar-refractivity contribution in [1.82, 2.24) is 4.98 Å². The van der Waals surface area contributed by atoms with Gasteiger partial charge >= 0.3 is 5.97 Å². The summed E-state index contributed by atoms with van der Waals surface area (Å²) in [6, 6.07) is 3.03. The predicted molar refractivity (Wildman–Crippen MR) is 70.0 cm³/mol. The SMILES string of the molecule is COc1ccsc1C(=O)Nc1cncc(C(=O)O)c1. The summed E-state index contributed by atoms with van der Waals surface area (Å²) in [4.78, 5) is 27.0. The van der Waals surface area contributed by atoms with E-state index in [2.05, 4.69) is 10.3 Å². The van der Waals surface area contributed by atoms with Gasteiger partial charge in [0.25, 0.3) is 5.91 Å². The largest absolute Gasteiger partial charge is 0.495 e. The lowest BCUT2D eigenvalue weighted by atomic mass is 10.2. The number of rotatable bonds is 4. The Kier molecular flexibility index (Phi) is 3.76. The maximum absolute atomic E-state index is 12.0. The van der Waals surface area contributed by atoms with Crippen LogP contribution in [0.15, 0.2) is 29.9 Å². The van der Waals surface area contributed by atoms with Crippen LogP contribution in [0.1, 0.15) is 20.0 Å². The van der Waals surface area contributed by atoms with Crippen LogP contribution in [0.4, 0.5) is 5.69 Å². The zero-order valence-electron chi connectivity index (χ0n) is 9.91. The Labute approximate surface area is 112 Å². The van der Waals surface area contributed by atoms with E-state index < -0.39 is 5.97 Å². The summed E-state index contributed by atoms with van der Waals surface area (Å²) >= 11 is 1.24. The molecule has 0 aliphatic heterocycles. The van der Waals surface area contributed by atoms with Crippen LogP contribution >= 0.6 is 11.3 Å². The molecule has 0 bridgehead atoms. The molecule has 0 saturated carbocycles. The third-order valence-corrected chi connectivity index (χ3v) is 3.19. The fourth-order valence-corrected chi connectivity index (χ4v) is 2.19. The summed E-state index contributed by atoms with van der Waals surface area (Å²) in [5, 5.41) is 13.2. The lowest BCUT2D eigenvalue weighted by Crippen LogP contribution is -2.12. The standard InChI is InChI=1S/C12H10N2O4S/c1-18-9-2-3-19-10(9)11(15)14-8-4-7(12(16)17)5-13-6-8/h2-6H,1H3,(H,14,15)(H,16,17). The molecule has 1 amide bonds. The Hall–Kier alpha value is -2.41. The predicted octanol–water partition coefficient (Wildman–Crippen LogP) is 2.10. The molecule has 0 unspecified atom stereocenters. The number of nitrogens with zero attached hydrogens (tertiary/aromatic N) is 1. The number of methoxy groups -OCH3 is 1. The second kappa shape index (κ2) is 5.49. The molecule has 2 aromatic rings. The first-order valence-corrected chi connectivity index (χ1v) is 6.11. The number of aromatic nitrogens is 1. The highest BCUT2D eigenvalue weighted by molar-refractivity contribution is 7.12. The third-order valence-electron chi connectivity index (χ3n) is 2.30. The van der Waals surface area contributed by atoms with Crippen molar-refractivity contribution >= 4 is 28.9 Å². The Balaban J connectivity index is 2.19. The molecule has 2 aromatic heterocycles. The van der Waals surface area contributed by atoms with Gasteiger partial charge in [0.05, 0.1) is 24.6 Å². The quantitative estimate of drug-likeness (QED) is 0.894. The van der Waals surface area contributed by atoms with E-state index in [1.54, 1.807) is 11.4 Å². The van der Waals surface area contributed by atoms with E-state index >= 15 is 0 Å². The minimum Gasteiger partial charge on any atom is -0.495 e. The van der Waals surface area contributed by atoms with Crippen LogP contribution in [-0.4, -0.2) is 29.1 Å². The average Bonchev–Trinajstić information content (AvgIpc) is 2.87. The molecule has 0 atom stereocenters. The van der Waals surface area contributed by atoms with Gasteiger partial charge in [-0.1, -0.05) is 0 Å². The Morgan fingerprint density at radius 2 is 2.21 bits per heavy atom. The second-order valence-corrected chi connectivity index (χ2v) is 4.46. The van der Waals surface area contributed by atoms with E-state index in [1.165, 1.54) is 36.9 Å². The van der Waals surface area contributed by atoms with E-state index in [0.717, 1.165) is 0 Å². The summed E-state index contributed by atoms with van der Waals surface area (Å²) in [7, 11) is 1.48. The Morgan fingerprint density at radius 1 is 1.42 bits per heavy atom. The Bertz CT molecular complexity index is 624. The van der Waals surface area contributed by atoms with Crippen molar-refractivity contribution in [3.63, 3.8) is 0 Å². The molecule has 6 nitrogen and oxygen atoms in total. The van der Waals surface area contributed by atoms with E-state index in [-0.39, 0.29) is 11.5 Å². The van der Waals surface area contributed by atoms with Crippen LogP contribution in [0.3, 0.4) is 0 Å². The highest BCUT2D eigenvalue weighted by Gasteiger charge is 2.14. The van der Waals surface area contributed by atoms with E-state index in [4.69, 9.17) is 9.84 Å². The molecule has 0 spiro atoms. The number of hydrogen-bond acceptors (Lipinski definition) is 5. The molecule has 19 heavy (non-hydrogen) atoms. The van der Waals surface area contributed by atoms with Crippen LogP contribution < -0.4 is 10.1 Å². The number of thiophene rings is 1. The number of pyridine rings is 1. The normalized spacial score (nSPS) is 9.95. The van der Waals surface area contributed by atoms with Gasteiger partial charge in [0, 0.05) is 6.20 Å². The van der Waals surface area contributed by atoms with Crippen LogP contribution in [0.5, 0.6) is 5.75 Å². The van der Waals surface area contributed by atoms with Gasteiger partial charge in [-0.2, -0.15) is 0 Å². The third kappa shape index (κ3) is 2.89. The number of hydrogen-bond donors (Lipinski definition) is 2. The molecule has 0 saturated heterocycles. The minimum atomic E-state index is -1.10. The van der Waals surface area contributed by atoms with E-state index in [0.29, 0.717) is 16.3 Å². The van der Waals surface area contributed by atoms with Crippen molar-refractivity contribution in [2.24, 2.45) is 0 Å². The number of carboxylic acids is 1. The molecule has 2 rings (SSSR count). The zero-order chi connectivity index (χ0) is 13.8. The lowest BCUT2D eigenvalue weighted by Gasteiger charge is -2.05. The zero-order valence-corrected chi connectivity index (χ0v) is 10.7. The van der Waals surface area contributed by atoms with Crippen LogP contribution in [0.25, 0.3) is 0 Å². The number of aromatic carboxylic acids is 1. The highest BCUT2D eigenvalue weighted by atomic mass is 32.1. The molecule has 7 heteroatoms. The van der Waals surface area contributed by atoms with Crippen LogP contribution in [-0.2, 0) is 0 Å². The molecule has 0 aromatic carbocycles. The number of anilines is 1. The summed E-state index contributed by atoms with van der Waals surface area (Å²) < 4.78 is 5.05. The average molecular weight is 278 g/mol. The topological polar surface area (TPSA) is 88.5 Å². The lowest BCUT2D eigenvalue weighted by molar-refractivity contribution is 0.0696. The first-order chi connectivity index (χ1) is 9.11. The molecular formula is C12H10N2O4S.